The van der Waals surface area contributed by atoms with E-state index in [1.54, 1.807) is 38.2 Å². The zero-order valence-corrected chi connectivity index (χ0v) is 14.4. The topological polar surface area (TPSA) is 65.4 Å². The van der Waals surface area contributed by atoms with Gasteiger partial charge in [0.2, 0.25) is 0 Å². The molecule has 0 aliphatic carbocycles. The lowest BCUT2D eigenvalue weighted by Crippen LogP contribution is -2.11. The molecule has 0 bridgehead atoms. The highest BCUT2D eigenvalue weighted by Crippen LogP contribution is 2.35. The van der Waals surface area contributed by atoms with Gasteiger partial charge in [0.1, 0.15) is 0 Å². The van der Waals surface area contributed by atoms with Crippen molar-refractivity contribution in [1.82, 2.24) is 9.78 Å². The standard InChI is InChI=1S/C17H17N3O3S/c1-20-7-6-13(19-20)17(21)18-16-9-12(10-24-16)11-4-5-14(22-2)15(8-11)23-3/h4-10H,1-3H3,(H,18,21). The van der Waals surface area contributed by atoms with Crippen molar-refractivity contribution in [2.75, 3.05) is 19.5 Å². The third kappa shape index (κ3) is 3.26. The molecule has 1 amide bonds. The normalized spacial score (nSPS) is 10.5. The van der Waals surface area contributed by atoms with Gasteiger partial charge >= 0.3 is 0 Å². The molecule has 2 aromatic heterocycles. The number of thiophene rings is 1. The minimum absolute atomic E-state index is 0.226. The Kier molecular flexibility index (Phi) is 4.52. The number of nitrogens with one attached hydrogen (secondary N) is 1. The molecule has 2 heterocycles. The summed E-state index contributed by atoms with van der Waals surface area (Å²) in [6, 6.07) is 9.32. The fourth-order valence-corrected chi connectivity index (χ4v) is 3.09. The fourth-order valence-electron chi connectivity index (χ4n) is 2.28. The molecule has 3 aromatic rings. The highest BCUT2D eigenvalue weighted by Gasteiger charge is 2.12. The maximum Gasteiger partial charge on any atom is 0.276 e. The van der Waals surface area contributed by atoms with Crippen LogP contribution in [-0.4, -0.2) is 29.9 Å². The molecule has 0 radical (unpaired) electrons. The van der Waals surface area contributed by atoms with Gasteiger partial charge in [-0.3, -0.25) is 9.48 Å². The Hall–Kier alpha value is -2.80. The zero-order chi connectivity index (χ0) is 17.1. The molecule has 0 saturated heterocycles. The lowest BCUT2D eigenvalue weighted by molar-refractivity contribution is 0.102. The third-order valence-corrected chi connectivity index (χ3v) is 4.34. The van der Waals surface area contributed by atoms with Crippen molar-refractivity contribution in [2.24, 2.45) is 7.05 Å². The summed E-state index contributed by atoms with van der Waals surface area (Å²) in [6.07, 6.45) is 1.73. The first-order chi connectivity index (χ1) is 11.6. The Morgan fingerprint density at radius 3 is 2.58 bits per heavy atom. The molecule has 124 valence electrons. The van der Waals surface area contributed by atoms with E-state index < -0.39 is 0 Å². The molecule has 0 saturated carbocycles. The van der Waals surface area contributed by atoms with E-state index in [9.17, 15) is 4.79 Å². The number of methoxy groups -OCH3 is 2. The van der Waals surface area contributed by atoms with Gasteiger partial charge in [-0.1, -0.05) is 6.07 Å². The Labute approximate surface area is 143 Å². The van der Waals surface area contributed by atoms with Crippen LogP contribution in [0.2, 0.25) is 0 Å². The predicted molar refractivity (Wildman–Crippen MR) is 94.0 cm³/mol. The first-order valence-corrected chi connectivity index (χ1v) is 8.10. The number of rotatable bonds is 5. The van der Waals surface area contributed by atoms with E-state index in [1.807, 2.05) is 29.6 Å². The number of ether oxygens (including phenoxy) is 2. The van der Waals surface area contributed by atoms with Gasteiger partial charge in [-0.2, -0.15) is 5.10 Å². The SMILES string of the molecule is COc1ccc(-c2csc(NC(=O)c3ccn(C)n3)c2)cc1OC. The first-order valence-electron chi connectivity index (χ1n) is 7.22. The number of anilines is 1. The van der Waals surface area contributed by atoms with Gasteiger partial charge < -0.3 is 14.8 Å². The van der Waals surface area contributed by atoms with Gasteiger partial charge in [0.25, 0.3) is 5.91 Å². The van der Waals surface area contributed by atoms with Gasteiger partial charge in [-0.15, -0.1) is 11.3 Å². The van der Waals surface area contributed by atoms with Crippen LogP contribution in [-0.2, 0) is 7.05 Å². The van der Waals surface area contributed by atoms with E-state index in [0.717, 1.165) is 16.1 Å². The van der Waals surface area contributed by atoms with Gasteiger partial charge in [-0.25, -0.2) is 0 Å². The van der Waals surface area contributed by atoms with E-state index in [4.69, 9.17) is 9.47 Å². The summed E-state index contributed by atoms with van der Waals surface area (Å²) in [6.45, 7) is 0. The molecule has 1 N–H and O–H groups in total. The van der Waals surface area contributed by atoms with Crippen LogP contribution in [0, 0.1) is 0 Å². The minimum Gasteiger partial charge on any atom is -0.493 e. The van der Waals surface area contributed by atoms with Crippen molar-refractivity contribution in [1.29, 1.82) is 0 Å². The minimum atomic E-state index is -0.226. The number of carbonyl (C=O) groups excluding carboxylic acids is 1. The number of aromatic nitrogens is 2. The summed E-state index contributed by atoms with van der Waals surface area (Å²) in [7, 11) is 4.98. The monoisotopic (exact) mass is 343 g/mol. The highest BCUT2D eigenvalue weighted by atomic mass is 32.1. The Morgan fingerprint density at radius 1 is 1.12 bits per heavy atom. The maximum atomic E-state index is 12.1. The average molecular weight is 343 g/mol. The van der Waals surface area contributed by atoms with Crippen LogP contribution in [0.1, 0.15) is 10.5 Å². The van der Waals surface area contributed by atoms with Crippen molar-refractivity contribution < 1.29 is 14.3 Å². The molecular formula is C17H17N3O3S. The lowest BCUT2D eigenvalue weighted by atomic mass is 10.1. The Morgan fingerprint density at radius 2 is 1.92 bits per heavy atom. The van der Waals surface area contributed by atoms with Crippen LogP contribution in [0.3, 0.4) is 0 Å². The number of amides is 1. The molecular weight excluding hydrogens is 326 g/mol. The largest absolute Gasteiger partial charge is 0.493 e. The molecule has 6 nitrogen and oxygen atoms in total. The van der Waals surface area contributed by atoms with E-state index in [1.165, 1.54) is 11.3 Å². The second-order valence-corrected chi connectivity index (χ2v) is 6.01. The van der Waals surface area contributed by atoms with E-state index in [-0.39, 0.29) is 5.91 Å². The van der Waals surface area contributed by atoms with Crippen molar-refractivity contribution in [3.63, 3.8) is 0 Å². The Bertz CT molecular complexity index is 870. The average Bonchev–Trinajstić information content (AvgIpc) is 3.23. The van der Waals surface area contributed by atoms with Crippen LogP contribution < -0.4 is 14.8 Å². The van der Waals surface area contributed by atoms with Crippen molar-refractivity contribution in [3.05, 3.63) is 47.6 Å². The number of hydrogen-bond donors (Lipinski definition) is 1. The van der Waals surface area contributed by atoms with Crippen LogP contribution in [0.15, 0.2) is 41.9 Å². The lowest BCUT2D eigenvalue weighted by Gasteiger charge is -2.08. The molecule has 0 aliphatic rings. The highest BCUT2D eigenvalue weighted by molar-refractivity contribution is 7.14. The molecule has 0 unspecified atom stereocenters. The summed E-state index contributed by atoms with van der Waals surface area (Å²) >= 11 is 1.46. The van der Waals surface area contributed by atoms with Crippen molar-refractivity contribution in [3.8, 4) is 22.6 Å². The van der Waals surface area contributed by atoms with Crippen LogP contribution >= 0.6 is 11.3 Å². The third-order valence-electron chi connectivity index (χ3n) is 3.50. The molecule has 24 heavy (non-hydrogen) atoms. The van der Waals surface area contributed by atoms with Crippen LogP contribution in [0.4, 0.5) is 5.00 Å². The first kappa shape index (κ1) is 16.1. The van der Waals surface area contributed by atoms with Gasteiger partial charge in [-0.05, 0) is 35.4 Å². The summed E-state index contributed by atoms with van der Waals surface area (Å²) in [4.78, 5) is 12.1. The van der Waals surface area contributed by atoms with Crippen LogP contribution in [0.5, 0.6) is 11.5 Å². The molecule has 7 heteroatoms. The van der Waals surface area contributed by atoms with Crippen molar-refractivity contribution in [2.45, 2.75) is 0 Å². The molecule has 0 fully saturated rings. The maximum absolute atomic E-state index is 12.1. The number of hydrogen-bond acceptors (Lipinski definition) is 5. The Balaban J connectivity index is 1.79. The molecule has 0 atom stereocenters. The summed E-state index contributed by atoms with van der Waals surface area (Å²) in [5.74, 6) is 1.12. The van der Waals surface area contributed by atoms with Crippen molar-refractivity contribution >= 4 is 22.2 Å². The summed E-state index contributed by atoms with van der Waals surface area (Å²) < 4.78 is 12.2. The second-order valence-electron chi connectivity index (χ2n) is 5.10. The van der Waals surface area contributed by atoms with E-state index in [0.29, 0.717) is 17.2 Å². The predicted octanol–water partition coefficient (Wildman–Crippen LogP) is 3.42. The van der Waals surface area contributed by atoms with E-state index >= 15 is 0 Å². The summed E-state index contributed by atoms with van der Waals surface area (Å²) in [5, 5.41) is 9.69. The molecule has 3 rings (SSSR count). The van der Waals surface area contributed by atoms with Gasteiger partial charge in [0.15, 0.2) is 17.2 Å². The fraction of sp³-hybridized carbons (Fsp3) is 0.176. The number of nitrogens with zero attached hydrogens (tertiary/aromatic N) is 2. The molecule has 0 spiro atoms. The second kappa shape index (κ2) is 6.76. The number of benzene rings is 1. The summed E-state index contributed by atoms with van der Waals surface area (Å²) in [5.41, 5.74) is 2.37. The molecule has 1 aromatic carbocycles. The number of carbonyl (C=O) groups is 1. The van der Waals surface area contributed by atoms with Gasteiger partial charge in [0.05, 0.1) is 19.2 Å². The van der Waals surface area contributed by atoms with Crippen LogP contribution in [0.25, 0.3) is 11.1 Å². The number of aryl methyl sites for hydroxylation is 1. The smallest absolute Gasteiger partial charge is 0.276 e. The molecule has 0 aliphatic heterocycles. The van der Waals surface area contributed by atoms with E-state index in [2.05, 4.69) is 10.4 Å². The quantitative estimate of drug-likeness (QED) is 0.771. The van der Waals surface area contributed by atoms with Gasteiger partial charge in [0, 0.05) is 18.6 Å². The zero-order valence-electron chi connectivity index (χ0n) is 13.6.